The summed E-state index contributed by atoms with van der Waals surface area (Å²) in [5.41, 5.74) is 2.27. The molecular formula is C18H24O3. The maximum absolute atomic E-state index is 12.7. The summed E-state index contributed by atoms with van der Waals surface area (Å²) in [6, 6.07) is 8.18. The van der Waals surface area contributed by atoms with Crippen LogP contribution in [0, 0.1) is 12.8 Å². The molecule has 114 valence electrons. The van der Waals surface area contributed by atoms with Crippen molar-refractivity contribution in [1.82, 2.24) is 0 Å². The Balaban J connectivity index is 1.66. The van der Waals surface area contributed by atoms with E-state index in [2.05, 4.69) is 19.1 Å². The predicted octanol–water partition coefficient (Wildman–Crippen LogP) is 3.08. The van der Waals surface area contributed by atoms with Gasteiger partial charge in [0.2, 0.25) is 0 Å². The first kappa shape index (κ1) is 14.7. The fourth-order valence-electron chi connectivity index (χ4n) is 3.53. The number of carbonyl (C=O) groups excluding carboxylic acids is 1. The van der Waals surface area contributed by atoms with Gasteiger partial charge in [-0.3, -0.25) is 4.79 Å². The lowest BCUT2D eigenvalue weighted by Crippen LogP contribution is -2.46. The van der Waals surface area contributed by atoms with Crippen LogP contribution in [-0.2, 0) is 20.7 Å². The summed E-state index contributed by atoms with van der Waals surface area (Å²) in [5, 5.41) is 0. The van der Waals surface area contributed by atoms with Crippen molar-refractivity contribution in [2.75, 3.05) is 19.8 Å². The van der Waals surface area contributed by atoms with Crippen LogP contribution in [0.4, 0.5) is 0 Å². The lowest BCUT2D eigenvalue weighted by Gasteiger charge is -2.43. The molecule has 1 aromatic carbocycles. The second kappa shape index (κ2) is 6.29. The summed E-state index contributed by atoms with van der Waals surface area (Å²) in [6.45, 7) is 4.31. The Morgan fingerprint density at radius 1 is 1.24 bits per heavy atom. The van der Waals surface area contributed by atoms with Gasteiger partial charge >= 0.3 is 0 Å². The molecule has 2 aliphatic rings. The molecule has 0 saturated carbocycles. The zero-order valence-electron chi connectivity index (χ0n) is 12.8. The van der Waals surface area contributed by atoms with E-state index in [1.807, 2.05) is 12.1 Å². The van der Waals surface area contributed by atoms with E-state index in [0.717, 1.165) is 44.5 Å². The second-order valence-corrected chi connectivity index (χ2v) is 6.40. The second-order valence-electron chi connectivity index (χ2n) is 6.40. The van der Waals surface area contributed by atoms with Gasteiger partial charge in [-0.1, -0.05) is 24.3 Å². The van der Waals surface area contributed by atoms with Crippen molar-refractivity contribution in [1.29, 1.82) is 0 Å². The number of carbonyl (C=O) groups is 1. The molecule has 1 aromatic rings. The molecule has 2 heterocycles. The van der Waals surface area contributed by atoms with Crippen LogP contribution in [0.25, 0.3) is 0 Å². The maximum Gasteiger partial charge on any atom is 0.140 e. The van der Waals surface area contributed by atoms with Crippen molar-refractivity contribution in [2.24, 2.45) is 5.92 Å². The summed E-state index contributed by atoms with van der Waals surface area (Å²) in [7, 11) is 0. The van der Waals surface area contributed by atoms with Crippen LogP contribution in [-0.4, -0.2) is 31.2 Å². The van der Waals surface area contributed by atoms with E-state index in [4.69, 9.17) is 9.47 Å². The zero-order chi connectivity index (χ0) is 14.7. The van der Waals surface area contributed by atoms with Gasteiger partial charge in [0.15, 0.2) is 0 Å². The molecule has 0 amide bonds. The van der Waals surface area contributed by atoms with Crippen LogP contribution in [0.5, 0.6) is 0 Å². The molecule has 0 aliphatic carbocycles. The number of Topliss-reactive ketones (excluding diaryl/α,β-unsaturated/α-hetero) is 1. The largest absolute Gasteiger partial charge is 0.381 e. The van der Waals surface area contributed by atoms with E-state index in [1.165, 1.54) is 5.56 Å². The van der Waals surface area contributed by atoms with Gasteiger partial charge in [0.25, 0.3) is 0 Å². The Hall–Kier alpha value is -1.19. The molecule has 1 unspecified atom stereocenters. The van der Waals surface area contributed by atoms with Gasteiger partial charge in [0.05, 0.1) is 5.60 Å². The first-order chi connectivity index (χ1) is 10.2. The molecule has 2 aliphatic heterocycles. The van der Waals surface area contributed by atoms with Crippen LogP contribution in [0.15, 0.2) is 24.3 Å². The summed E-state index contributed by atoms with van der Waals surface area (Å²) in [5.74, 6) is 0.523. The molecule has 0 radical (unpaired) electrons. The van der Waals surface area contributed by atoms with Crippen molar-refractivity contribution >= 4 is 5.78 Å². The van der Waals surface area contributed by atoms with Crippen LogP contribution < -0.4 is 0 Å². The molecule has 21 heavy (non-hydrogen) atoms. The Morgan fingerprint density at radius 2 is 2.00 bits per heavy atom. The van der Waals surface area contributed by atoms with Gasteiger partial charge in [0, 0.05) is 32.2 Å². The molecule has 0 N–H and O–H groups in total. The smallest absolute Gasteiger partial charge is 0.140 e. The monoisotopic (exact) mass is 288 g/mol. The van der Waals surface area contributed by atoms with Crippen molar-refractivity contribution < 1.29 is 14.3 Å². The van der Waals surface area contributed by atoms with E-state index >= 15 is 0 Å². The van der Waals surface area contributed by atoms with Crippen molar-refractivity contribution in [3.63, 3.8) is 0 Å². The minimum atomic E-state index is -0.0947. The van der Waals surface area contributed by atoms with Crippen molar-refractivity contribution in [2.45, 2.75) is 44.6 Å². The first-order valence-corrected chi connectivity index (χ1v) is 7.97. The van der Waals surface area contributed by atoms with E-state index in [-0.39, 0.29) is 11.5 Å². The van der Waals surface area contributed by atoms with Gasteiger partial charge in [-0.15, -0.1) is 0 Å². The minimum absolute atomic E-state index is 0.0947. The average molecular weight is 288 g/mol. The average Bonchev–Trinajstić information content (AvgIpc) is 2.50. The SMILES string of the molecule is Cc1ccccc1CC(=O)C1CCOC2(CCOCC2)C1. The lowest BCUT2D eigenvalue weighted by molar-refractivity contribution is -0.156. The molecule has 1 atom stereocenters. The van der Waals surface area contributed by atoms with Gasteiger partial charge in [-0.25, -0.2) is 0 Å². The highest BCUT2D eigenvalue weighted by atomic mass is 16.5. The van der Waals surface area contributed by atoms with Gasteiger partial charge in [-0.2, -0.15) is 0 Å². The fraction of sp³-hybridized carbons (Fsp3) is 0.611. The Kier molecular flexibility index (Phi) is 4.41. The number of rotatable bonds is 3. The molecule has 2 fully saturated rings. The predicted molar refractivity (Wildman–Crippen MR) is 81.4 cm³/mol. The first-order valence-electron chi connectivity index (χ1n) is 7.97. The summed E-state index contributed by atoms with van der Waals surface area (Å²) in [6.07, 6.45) is 4.17. The highest BCUT2D eigenvalue weighted by molar-refractivity contribution is 5.83. The van der Waals surface area contributed by atoms with Gasteiger partial charge < -0.3 is 9.47 Å². The molecule has 3 nitrogen and oxygen atoms in total. The molecule has 2 saturated heterocycles. The van der Waals surface area contributed by atoms with Gasteiger partial charge in [0.1, 0.15) is 5.78 Å². The molecule has 3 heteroatoms. The Morgan fingerprint density at radius 3 is 2.76 bits per heavy atom. The topological polar surface area (TPSA) is 35.5 Å². The van der Waals surface area contributed by atoms with Crippen molar-refractivity contribution in [3.05, 3.63) is 35.4 Å². The van der Waals surface area contributed by atoms with E-state index in [9.17, 15) is 4.79 Å². The normalized spacial score (nSPS) is 24.9. The minimum Gasteiger partial charge on any atom is -0.381 e. The third-order valence-corrected chi connectivity index (χ3v) is 4.98. The lowest BCUT2D eigenvalue weighted by atomic mass is 9.78. The fourth-order valence-corrected chi connectivity index (χ4v) is 3.53. The summed E-state index contributed by atoms with van der Waals surface area (Å²) >= 11 is 0. The maximum atomic E-state index is 12.7. The zero-order valence-corrected chi connectivity index (χ0v) is 12.8. The number of aryl methyl sites for hydroxylation is 1. The highest BCUT2D eigenvalue weighted by Crippen LogP contribution is 2.37. The number of hydrogen-bond acceptors (Lipinski definition) is 3. The van der Waals surface area contributed by atoms with Gasteiger partial charge in [-0.05, 0) is 43.7 Å². The van der Waals surface area contributed by atoms with Crippen LogP contribution >= 0.6 is 0 Å². The van der Waals surface area contributed by atoms with E-state index in [0.29, 0.717) is 18.8 Å². The number of ketones is 1. The Labute approximate surface area is 126 Å². The standard InChI is InChI=1S/C18H24O3/c1-14-4-2-3-5-15(14)12-17(19)16-6-9-21-18(13-16)7-10-20-11-8-18/h2-5,16H,6-13H2,1H3. The third kappa shape index (κ3) is 3.35. The summed E-state index contributed by atoms with van der Waals surface area (Å²) in [4.78, 5) is 12.7. The van der Waals surface area contributed by atoms with E-state index in [1.54, 1.807) is 0 Å². The van der Waals surface area contributed by atoms with Crippen LogP contribution in [0.3, 0.4) is 0 Å². The molecule has 0 bridgehead atoms. The van der Waals surface area contributed by atoms with Crippen molar-refractivity contribution in [3.8, 4) is 0 Å². The quantitative estimate of drug-likeness (QED) is 0.857. The van der Waals surface area contributed by atoms with Crippen LogP contribution in [0.2, 0.25) is 0 Å². The number of ether oxygens (including phenoxy) is 2. The highest BCUT2D eigenvalue weighted by Gasteiger charge is 2.40. The molecule has 0 aromatic heterocycles. The molecular weight excluding hydrogens is 264 g/mol. The van der Waals surface area contributed by atoms with Crippen LogP contribution in [0.1, 0.15) is 36.8 Å². The molecule has 1 spiro atoms. The molecule has 3 rings (SSSR count). The number of benzene rings is 1. The summed E-state index contributed by atoms with van der Waals surface area (Å²) < 4.78 is 11.5. The third-order valence-electron chi connectivity index (χ3n) is 4.98. The Bertz CT molecular complexity index is 497. The number of hydrogen-bond donors (Lipinski definition) is 0. The van der Waals surface area contributed by atoms with E-state index < -0.39 is 0 Å².